The molecule has 0 unspecified atom stereocenters. The summed E-state index contributed by atoms with van der Waals surface area (Å²) in [7, 11) is 0. The molecule has 0 saturated carbocycles. The highest BCUT2D eigenvalue weighted by Crippen LogP contribution is 2.34. The quantitative estimate of drug-likeness (QED) is 0.665. The molecule has 0 aliphatic carbocycles. The Bertz CT molecular complexity index is 917. The van der Waals surface area contributed by atoms with Crippen molar-refractivity contribution in [3.05, 3.63) is 54.2 Å². The molecule has 1 aliphatic heterocycles. The predicted molar refractivity (Wildman–Crippen MR) is 102 cm³/mol. The van der Waals surface area contributed by atoms with E-state index in [9.17, 15) is 13.9 Å². The van der Waals surface area contributed by atoms with Crippen molar-refractivity contribution in [1.82, 2.24) is 9.97 Å². The normalized spacial score (nSPS) is 19.1. The Morgan fingerprint density at radius 3 is 2.75 bits per heavy atom. The lowest BCUT2D eigenvalue weighted by molar-refractivity contribution is 0.129. The van der Waals surface area contributed by atoms with Gasteiger partial charge in [-0.25, -0.2) is 18.7 Å². The van der Waals surface area contributed by atoms with Gasteiger partial charge in [0.2, 0.25) is 0 Å². The van der Waals surface area contributed by atoms with Crippen molar-refractivity contribution in [3.63, 3.8) is 0 Å². The van der Waals surface area contributed by atoms with Crippen molar-refractivity contribution in [2.75, 3.05) is 11.4 Å². The number of halogens is 2. The third kappa shape index (κ3) is 3.85. The van der Waals surface area contributed by atoms with E-state index in [-0.39, 0.29) is 6.04 Å². The topological polar surface area (TPSA) is 62.4 Å². The number of para-hydroxylation sites is 1. The average Bonchev–Trinajstić information content (AvgIpc) is 3.15. The van der Waals surface area contributed by atoms with Gasteiger partial charge in [0.25, 0.3) is 6.43 Å². The maximum Gasteiger partial charge on any atom is 0.297 e. The van der Waals surface area contributed by atoms with E-state index in [0.717, 1.165) is 31.1 Å². The molecule has 2 aromatic heterocycles. The van der Waals surface area contributed by atoms with Crippen LogP contribution < -0.4 is 4.90 Å². The van der Waals surface area contributed by atoms with Crippen molar-refractivity contribution < 1.29 is 18.3 Å². The van der Waals surface area contributed by atoms with Gasteiger partial charge < -0.3 is 14.4 Å². The van der Waals surface area contributed by atoms with E-state index in [1.165, 1.54) is 6.26 Å². The summed E-state index contributed by atoms with van der Waals surface area (Å²) < 4.78 is 32.2. The molecule has 1 fully saturated rings. The first kappa shape index (κ1) is 18.8. The van der Waals surface area contributed by atoms with Crippen molar-refractivity contribution in [2.45, 2.75) is 50.7 Å². The van der Waals surface area contributed by atoms with Crippen LogP contribution in [0.25, 0.3) is 10.9 Å². The highest BCUT2D eigenvalue weighted by atomic mass is 19.3. The number of rotatable bonds is 5. The molecule has 3 heterocycles. The van der Waals surface area contributed by atoms with E-state index >= 15 is 0 Å². The fraction of sp³-hybridized carbons (Fsp3) is 0.429. The van der Waals surface area contributed by atoms with E-state index < -0.39 is 18.4 Å². The Morgan fingerprint density at radius 2 is 1.96 bits per heavy atom. The summed E-state index contributed by atoms with van der Waals surface area (Å²) in [6, 6.07) is 10.7. The molecule has 5 nitrogen and oxygen atoms in total. The zero-order valence-corrected chi connectivity index (χ0v) is 15.5. The van der Waals surface area contributed by atoms with Gasteiger partial charge in [0.15, 0.2) is 5.82 Å². The Morgan fingerprint density at radius 1 is 1.11 bits per heavy atom. The SMILES string of the molecule is O[C@@H](C[C@@H]1CCCCCN1c1nc(C(F)F)nc2ccccc12)c1ccco1. The number of furan rings is 1. The molecule has 2 atom stereocenters. The first-order valence-electron chi connectivity index (χ1n) is 9.66. The van der Waals surface area contributed by atoms with Crippen molar-refractivity contribution >= 4 is 16.7 Å². The summed E-state index contributed by atoms with van der Waals surface area (Å²) >= 11 is 0. The lowest BCUT2D eigenvalue weighted by Crippen LogP contribution is -2.37. The van der Waals surface area contributed by atoms with Gasteiger partial charge in [0.1, 0.15) is 17.7 Å². The van der Waals surface area contributed by atoms with Crippen molar-refractivity contribution in [3.8, 4) is 0 Å². The Kier molecular flexibility index (Phi) is 5.52. The number of aromatic nitrogens is 2. The summed E-state index contributed by atoms with van der Waals surface area (Å²) in [6.07, 6.45) is 2.42. The molecular formula is C21H23F2N3O2. The van der Waals surface area contributed by atoms with Crippen LogP contribution in [-0.2, 0) is 0 Å². The van der Waals surface area contributed by atoms with Crippen LogP contribution in [0, 0.1) is 0 Å². The van der Waals surface area contributed by atoms with Crippen LogP contribution >= 0.6 is 0 Å². The van der Waals surface area contributed by atoms with E-state index in [0.29, 0.717) is 30.1 Å². The van der Waals surface area contributed by atoms with Crippen LogP contribution in [0.5, 0.6) is 0 Å². The van der Waals surface area contributed by atoms with Gasteiger partial charge in [-0.05, 0) is 37.1 Å². The van der Waals surface area contributed by atoms with Crippen LogP contribution in [0.2, 0.25) is 0 Å². The minimum atomic E-state index is -2.73. The van der Waals surface area contributed by atoms with Gasteiger partial charge in [-0.15, -0.1) is 0 Å². The second kappa shape index (κ2) is 8.22. The van der Waals surface area contributed by atoms with Gasteiger partial charge in [-0.1, -0.05) is 25.0 Å². The number of nitrogens with zero attached hydrogens (tertiary/aromatic N) is 3. The maximum absolute atomic E-state index is 13.4. The molecule has 1 saturated heterocycles. The Labute approximate surface area is 162 Å². The second-order valence-corrected chi connectivity index (χ2v) is 7.19. The molecule has 7 heteroatoms. The standard InChI is InChI=1S/C21H23F2N3O2/c22-19(23)20-24-16-9-4-3-8-15(16)21(25-20)26-11-5-1-2-7-14(26)13-17(27)18-10-6-12-28-18/h3-4,6,8-10,12,14,17,19,27H,1-2,5,7,11,13H2/t14-,17-/m0/s1. The summed E-state index contributed by atoms with van der Waals surface area (Å²) in [5, 5.41) is 11.4. The first-order chi connectivity index (χ1) is 13.6. The lowest BCUT2D eigenvalue weighted by Gasteiger charge is -2.33. The third-order valence-corrected chi connectivity index (χ3v) is 5.31. The second-order valence-electron chi connectivity index (χ2n) is 7.19. The molecule has 1 N–H and O–H groups in total. The van der Waals surface area contributed by atoms with Gasteiger partial charge in [0.05, 0.1) is 11.8 Å². The van der Waals surface area contributed by atoms with Crippen LogP contribution in [-0.4, -0.2) is 27.7 Å². The summed E-state index contributed by atoms with van der Waals surface area (Å²) in [4.78, 5) is 10.4. The number of alkyl halides is 2. The Hall–Kier alpha value is -2.54. The summed E-state index contributed by atoms with van der Waals surface area (Å²) in [6.45, 7) is 0.708. The number of hydrogen-bond acceptors (Lipinski definition) is 5. The van der Waals surface area contributed by atoms with Crippen molar-refractivity contribution in [1.29, 1.82) is 0 Å². The smallest absolute Gasteiger partial charge is 0.297 e. The molecule has 0 amide bonds. The summed E-state index contributed by atoms with van der Waals surface area (Å²) in [5.41, 5.74) is 0.511. The zero-order chi connectivity index (χ0) is 19.5. The fourth-order valence-electron chi connectivity index (χ4n) is 3.95. The van der Waals surface area contributed by atoms with Gasteiger partial charge in [-0.3, -0.25) is 0 Å². The first-order valence-corrected chi connectivity index (χ1v) is 9.66. The summed E-state index contributed by atoms with van der Waals surface area (Å²) in [5.74, 6) is 0.590. The minimum absolute atomic E-state index is 0.0218. The van der Waals surface area contributed by atoms with Crippen LogP contribution in [0.3, 0.4) is 0 Å². The number of aliphatic hydroxyl groups is 1. The van der Waals surface area contributed by atoms with E-state index in [1.807, 2.05) is 12.1 Å². The molecule has 148 valence electrons. The molecule has 0 radical (unpaired) electrons. The van der Waals surface area contributed by atoms with Gasteiger partial charge in [0, 0.05) is 24.4 Å². The monoisotopic (exact) mass is 387 g/mol. The van der Waals surface area contributed by atoms with E-state index in [4.69, 9.17) is 4.42 Å². The molecule has 1 aromatic carbocycles. The largest absolute Gasteiger partial charge is 0.467 e. The van der Waals surface area contributed by atoms with Crippen molar-refractivity contribution in [2.24, 2.45) is 0 Å². The Balaban J connectivity index is 1.73. The molecule has 1 aliphatic rings. The highest BCUT2D eigenvalue weighted by molar-refractivity contribution is 5.89. The molecule has 4 rings (SSSR count). The van der Waals surface area contributed by atoms with E-state index in [2.05, 4.69) is 14.9 Å². The number of fused-ring (bicyclic) bond motifs is 1. The van der Waals surface area contributed by atoms with Crippen LogP contribution in [0.4, 0.5) is 14.6 Å². The lowest BCUT2D eigenvalue weighted by atomic mass is 10.0. The van der Waals surface area contributed by atoms with Crippen LogP contribution in [0.15, 0.2) is 47.1 Å². The molecule has 28 heavy (non-hydrogen) atoms. The van der Waals surface area contributed by atoms with Gasteiger partial charge in [-0.2, -0.15) is 0 Å². The predicted octanol–water partition coefficient (Wildman–Crippen LogP) is 5.03. The average molecular weight is 387 g/mol. The van der Waals surface area contributed by atoms with Crippen LogP contribution in [0.1, 0.15) is 56.2 Å². The highest BCUT2D eigenvalue weighted by Gasteiger charge is 2.28. The molecule has 0 bridgehead atoms. The number of anilines is 1. The number of hydrogen-bond donors (Lipinski definition) is 1. The maximum atomic E-state index is 13.4. The third-order valence-electron chi connectivity index (χ3n) is 5.31. The number of benzene rings is 1. The van der Waals surface area contributed by atoms with Gasteiger partial charge >= 0.3 is 0 Å². The fourth-order valence-corrected chi connectivity index (χ4v) is 3.95. The molecular weight excluding hydrogens is 364 g/mol. The molecule has 0 spiro atoms. The van der Waals surface area contributed by atoms with E-state index in [1.54, 1.807) is 24.3 Å². The molecule has 3 aromatic rings. The number of aliphatic hydroxyl groups excluding tert-OH is 1. The zero-order valence-electron chi connectivity index (χ0n) is 15.5. The minimum Gasteiger partial charge on any atom is -0.467 e.